The number of hydrogen-bond donors (Lipinski definition) is 0. The molecule has 0 unspecified atom stereocenters. The number of aromatic nitrogens is 2. The molecule has 17 heavy (non-hydrogen) atoms. The van der Waals surface area contributed by atoms with Crippen LogP contribution in [0.25, 0.3) is 10.9 Å². The molecule has 88 valence electrons. The van der Waals surface area contributed by atoms with E-state index in [0.717, 1.165) is 43.0 Å². The van der Waals surface area contributed by atoms with Gasteiger partial charge in [-0.15, -0.1) is 0 Å². The molecule has 2 heterocycles. The summed E-state index contributed by atoms with van der Waals surface area (Å²) in [5, 5.41) is 1.10. The molecule has 1 aliphatic rings. The van der Waals surface area contributed by atoms with E-state index >= 15 is 0 Å². The van der Waals surface area contributed by atoms with Crippen LogP contribution in [0, 0.1) is 6.92 Å². The quantitative estimate of drug-likeness (QED) is 0.747. The topological polar surface area (TPSA) is 38.2 Å². The first-order chi connectivity index (χ1) is 8.33. The number of morpholine rings is 1. The van der Waals surface area contributed by atoms with E-state index in [1.54, 1.807) is 0 Å². The Morgan fingerprint density at radius 1 is 1.24 bits per heavy atom. The highest BCUT2D eigenvalue weighted by atomic mass is 16.5. The Hall–Kier alpha value is -1.68. The Morgan fingerprint density at radius 2 is 2.06 bits per heavy atom. The number of rotatable bonds is 1. The molecule has 1 saturated heterocycles. The highest BCUT2D eigenvalue weighted by molar-refractivity contribution is 5.81. The monoisotopic (exact) mass is 229 g/mol. The summed E-state index contributed by atoms with van der Waals surface area (Å²) in [6.07, 6.45) is 1.89. The van der Waals surface area contributed by atoms with Crippen molar-refractivity contribution in [2.45, 2.75) is 6.92 Å². The summed E-state index contributed by atoms with van der Waals surface area (Å²) in [7, 11) is 0. The SMILES string of the molecule is Cc1ncc2cc(N3CCOCC3)ccc2n1. The fraction of sp³-hybridized carbons (Fsp3) is 0.385. The van der Waals surface area contributed by atoms with Crippen LogP contribution in [-0.4, -0.2) is 36.3 Å². The van der Waals surface area contributed by atoms with E-state index in [2.05, 4.69) is 33.1 Å². The van der Waals surface area contributed by atoms with Crippen molar-refractivity contribution in [3.63, 3.8) is 0 Å². The Bertz CT molecular complexity index is 535. The van der Waals surface area contributed by atoms with Crippen LogP contribution in [0.4, 0.5) is 5.69 Å². The molecular weight excluding hydrogens is 214 g/mol. The first-order valence-electron chi connectivity index (χ1n) is 5.89. The number of benzene rings is 1. The molecule has 1 aliphatic heterocycles. The van der Waals surface area contributed by atoms with Gasteiger partial charge in [-0.1, -0.05) is 0 Å². The zero-order chi connectivity index (χ0) is 11.7. The van der Waals surface area contributed by atoms with Gasteiger partial charge in [-0.05, 0) is 25.1 Å². The summed E-state index contributed by atoms with van der Waals surface area (Å²) >= 11 is 0. The highest BCUT2D eigenvalue weighted by Crippen LogP contribution is 2.21. The normalized spacial score (nSPS) is 16.4. The van der Waals surface area contributed by atoms with E-state index in [0.29, 0.717) is 0 Å². The zero-order valence-electron chi connectivity index (χ0n) is 9.89. The number of nitrogens with zero attached hydrogens (tertiary/aromatic N) is 3. The molecule has 0 saturated carbocycles. The number of anilines is 1. The van der Waals surface area contributed by atoms with E-state index in [1.165, 1.54) is 5.69 Å². The predicted molar refractivity (Wildman–Crippen MR) is 67.3 cm³/mol. The molecule has 0 atom stereocenters. The molecule has 1 fully saturated rings. The lowest BCUT2D eigenvalue weighted by Gasteiger charge is -2.28. The van der Waals surface area contributed by atoms with Crippen LogP contribution in [0.1, 0.15) is 5.82 Å². The summed E-state index contributed by atoms with van der Waals surface area (Å²) < 4.78 is 5.36. The maximum Gasteiger partial charge on any atom is 0.125 e. The molecule has 3 rings (SSSR count). The minimum Gasteiger partial charge on any atom is -0.378 e. The third-order valence-corrected chi connectivity index (χ3v) is 3.06. The van der Waals surface area contributed by atoms with Gasteiger partial charge in [0.2, 0.25) is 0 Å². The van der Waals surface area contributed by atoms with E-state index in [-0.39, 0.29) is 0 Å². The van der Waals surface area contributed by atoms with Crippen molar-refractivity contribution in [1.82, 2.24) is 9.97 Å². The Kier molecular flexibility index (Phi) is 2.65. The van der Waals surface area contributed by atoms with Crippen molar-refractivity contribution >= 4 is 16.6 Å². The van der Waals surface area contributed by atoms with Crippen LogP contribution in [0.2, 0.25) is 0 Å². The van der Waals surface area contributed by atoms with Gasteiger partial charge in [0.05, 0.1) is 18.7 Å². The molecule has 0 spiro atoms. The van der Waals surface area contributed by atoms with Gasteiger partial charge < -0.3 is 9.64 Å². The first-order valence-corrected chi connectivity index (χ1v) is 5.89. The second-order valence-electron chi connectivity index (χ2n) is 4.26. The Labute approximate surface area is 100 Å². The molecule has 4 nitrogen and oxygen atoms in total. The van der Waals surface area contributed by atoms with Crippen LogP contribution < -0.4 is 4.90 Å². The van der Waals surface area contributed by atoms with Gasteiger partial charge in [-0.2, -0.15) is 0 Å². The smallest absolute Gasteiger partial charge is 0.125 e. The number of hydrogen-bond acceptors (Lipinski definition) is 4. The van der Waals surface area contributed by atoms with E-state index in [4.69, 9.17) is 4.74 Å². The van der Waals surface area contributed by atoms with Crippen LogP contribution in [-0.2, 0) is 4.74 Å². The van der Waals surface area contributed by atoms with Gasteiger partial charge >= 0.3 is 0 Å². The fourth-order valence-electron chi connectivity index (χ4n) is 2.13. The molecule has 0 bridgehead atoms. The summed E-state index contributed by atoms with van der Waals surface area (Å²) in [5.41, 5.74) is 2.24. The van der Waals surface area contributed by atoms with E-state index < -0.39 is 0 Å². The molecule has 0 aliphatic carbocycles. The fourth-order valence-corrected chi connectivity index (χ4v) is 2.13. The third-order valence-electron chi connectivity index (χ3n) is 3.06. The van der Waals surface area contributed by atoms with Crippen LogP contribution >= 0.6 is 0 Å². The van der Waals surface area contributed by atoms with Crippen molar-refractivity contribution < 1.29 is 4.74 Å². The average molecular weight is 229 g/mol. The molecule has 4 heteroatoms. The van der Waals surface area contributed by atoms with Gasteiger partial charge in [-0.25, -0.2) is 9.97 Å². The van der Waals surface area contributed by atoms with Crippen molar-refractivity contribution in [2.75, 3.05) is 31.2 Å². The van der Waals surface area contributed by atoms with Crippen molar-refractivity contribution in [3.05, 3.63) is 30.2 Å². The molecule has 0 N–H and O–H groups in total. The van der Waals surface area contributed by atoms with Crippen molar-refractivity contribution in [3.8, 4) is 0 Å². The molecule has 2 aromatic rings. The number of fused-ring (bicyclic) bond motifs is 1. The van der Waals surface area contributed by atoms with E-state index in [1.807, 2.05) is 13.1 Å². The summed E-state index contributed by atoms with van der Waals surface area (Å²) in [5.74, 6) is 0.816. The predicted octanol–water partition coefficient (Wildman–Crippen LogP) is 1.77. The third kappa shape index (κ3) is 2.08. The molecular formula is C13H15N3O. The largest absolute Gasteiger partial charge is 0.378 e. The van der Waals surface area contributed by atoms with E-state index in [9.17, 15) is 0 Å². The minimum atomic E-state index is 0.808. The first kappa shape index (κ1) is 10.5. The van der Waals surface area contributed by atoms with Gasteiger partial charge in [0.15, 0.2) is 0 Å². The van der Waals surface area contributed by atoms with Gasteiger partial charge in [0.1, 0.15) is 5.82 Å². The van der Waals surface area contributed by atoms with Crippen LogP contribution in [0.3, 0.4) is 0 Å². The van der Waals surface area contributed by atoms with Crippen molar-refractivity contribution in [1.29, 1.82) is 0 Å². The maximum absolute atomic E-state index is 5.36. The molecule has 0 amide bonds. The summed E-state index contributed by atoms with van der Waals surface area (Å²) in [6, 6.07) is 6.34. The maximum atomic E-state index is 5.36. The highest BCUT2D eigenvalue weighted by Gasteiger charge is 2.11. The number of aryl methyl sites for hydroxylation is 1. The molecule has 1 aromatic carbocycles. The van der Waals surface area contributed by atoms with Crippen LogP contribution in [0.5, 0.6) is 0 Å². The average Bonchev–Trinajstić information content (AvgIpc) is 2.39. The summed E-state index contributed by atoms with van der Waals surface area (Å²) in [6.45, 7) is 5.44. The lowest BCUT2D eigenvalue weighted by atomic mass is 10.2. The second-order valence-corrected chi connectivity index (χ2v) is 4.26. The standard InChI is InChI=1S/C13H15N3O/c1-10-14-9-11-8-12(2-3-13(11)15-10)16-4-6-17-7-5-16/h2-3,8-9H,4-7H2,1H3. The number of ether oxygens (including phenoxy) is 1. The summed E-state index contributed by atoms with van der Waals surface area (Å²) in [4.78, 5) is 11.0. The van der Waals surface area contributed by atoms with Crippen molar-refractivity contribution in [2.24, 2.45) is 0 Å². The Balaban J connectivity index is 1.98. The van der Waals surface area contributed by atoms with Gasteiger partial charge in [0, 0.05) is 30.4 Å². The zero-order valence-corrected chi connectivity index (χ0v) is 9.89. The van der Waals surface area contributed by atoms with Crippen LogP contribution in [0.15, 0.2) is 24.4 Å². The second kappa shape index (κ2) is 4.30. The molecule has 1 aromatic heterocycles. The van der Waals surface area contributed by atoms with Gasteiger partial charge in [-0.3, -0.25) is 0 Å². The Morgan fingerprint density at radius 3 is 2.88 bits per heavy atom. The minimum absolute atomic E-state index is 0.808. The van der Waals surface area contributed by atoms with Gasteiger partial charge in [0.25, 0.3) is 0 Å². The molecule has 0 radical (unpaired) electrons. The lowest BCUT2D eigenvalue weighted by molar-refractivity contribution is 0.122. The lowest BCUT2D eigenvalue weighted by Crippen LogP contribution is -2.36.